The molecule has 5 rings (SSSR count). The monoisotopic (exact) mass is 470 g/mol. The van der Waals surface area contributed by atoms with Crippen molar-refractivity contribution in [3.05, 3.63) is 84.8 Å². The number of hydrogen-bond acceptors (Lipinski definition) is 9. The summed E-state index contributed by atoms with van der Waals surface area (Å²) in [4.78, 5) is 18.6. The van der Waals surface area contributed by atoms with Crippen LogP contribution < -0.4 is 10.2 Å². The van der Waals surface area contributed by atoms with Gasteiger partial charge in [-0.1, -0.05) is 18.2 Å². The Balaban J connectivity index is 1.20. The Morgan fingerprint density at radius 1 is 0.943 bits per heavy atom. The maximum Gasteiger partial charge on any atom is 0.270 e. The van der Waals surface area contributed by atoms with Crippen molar-refractivity contribution in [3.63, 3.8) is 0 Å². The van der Waals surface area contributed by atoms with Crippen LogP contribution in [0.4, 0.5) is 27.5 Å². The van der Waals surface area contributed by atoms with Crippen LogP contribution in [0, 0.1) is 5.82 Å². The van der Waals surface area contributed by atoms with Crippen molar-refractivity contribution in [2.45, 2.75) is 6.54 Å². The third-order valence-corrected chi connectivity index (χ3v) is 5.39. The molecule has 0 unspecified atom stereocenters. The van der Waals surface area contributed by atoms with Crippen LogP contribution in [0.5, 0.6) is 0 Å². The van der Waals surface area contributed by atoms with Crippen molar-refractivity contribution in [2.24, 2.45) is 10.2 Å². The molecular weight excluding hydrogens is 447 g/mol. The van der Waals surface area contributed by atoms with Crippen LogP contribution in [0.15, 0.2) is 83.5 Å². The van der Waals surface area contributed by atoms with Crippen molar-refractivity contribution in [3.8, 4) is 11.1 Å². The van der Waals surface area contributed by atoms with Gasteiger partial charge in [0.05, 0.1) is 37.0 Å². The molecule has 0 amide bonds. The second-order valence-corrected chi connectivity index (χ2v) is 7.83. The summed E-state index contributed by atoms with van der Waals surface area (Å²) in [6.07, 6.45) is 6.46. The minimum absolute atomic E-state index is 0.111. The molecule has 10 heteroatoms. The van der Waals surface area contributed by atoms with Crippen LogP contribution in [0.3, 0.4) is 0 Å². The standard InChI is InChI=1S/C25H23FN8O/c26-23-17-29-25(32-24(23)34-9-11-35-12-10-34)33-30-16-21-6-7-22(15-28-21)31-20-5-1-3-18(13-20)19-4-2-8-27-14-19/h1-8,13-15,17,31H,9-12,16H2. The average Bonchev–Trinajstić information content (AvgIpc) is 2.92. The van der Waals surface area contributed by atoms with Crippen molar-refractivity contribution in [1.82, 2.24) is 19.9 Å². The summed E-state index contributed by atoms with van der Waals surface area (Å²) < 4.78 is 19.5. The lowest BCUT2D eigenvalue weighted by atomic mass is 10.1. The van der Waals surface area contributed by atoms with Crippen LogP contribution in [0.1, 0.15) is 5.69 Å². The van der Waals surface area contributed by atoms with Crippen LogP contribution in [-0.4, -0.2) is 46.2 Å². The number of anilines is 3. The predicted octanol–water partition coefficient (Wildman–Crippen LogP) is 4.94. The Morgan fingerprint density at radius 2 is 1.83 bits per heavy atom. The Hall–Kier alpha value is -4.31. The van der Waals surface area contributed by atoms with Gasteiger partial charge in [-0.05, 0) is 35.9 Å². The number of ether oxygens (including phenoxy) is 1. The lowest BCUT2D eigenvalue weighted by molar-refractivity contribution is 0.122. The third-order valence-electron chi connectivity index (χ3n) is 5.39. The number of aromatic nitrogens is 4. The molecule has 4 aromatic rings. The van der Waals surface area contributed by atoms with E-state index in [4.69, 9.17) is 4.74 Å². The largest absolute Gasteiger partial charge is 0.378 e. The Bertz CT molecular complexity index is 1290. The van der Waals surface area contributed by atoms with Crippen molar-refractivity contribution in [1.29, 1.82) is 0 Å². The van der Waals surface area contributed by atoms with Gasteiger partial charge in [-0.15, -0.1) is 5.11 Å². The van der Waals surface area contributed by atoms with Gasteiger partial charge in [-0.3, -0.25) is 9.97 Å². The first-order valence-corrected chi connectivity index (χ1v) is 11.2. The summed E-state index contributed by atoms with van der Waals surface area (Å²) in [5.41, 5.74) is 4.67. The van der Waals surface area contributed by atoms with E-state index in [1.807, 2.05) is 53.6 Å². The maximum absolute atomic E-state index is 14.1. The lowest BCUT2D eigenvalue weighted by Crippen LogP contribution is -2.37. The normalized spacial score (nSPS) is 13.8. The third kappa shape index (κ3) is 5.79. The van der Waals surface area contributed by atoms with Crippen molar-refractivity contribution in [2.75, 3.05) is 36.5 Å². The molecule has 1 aliphatic rings. The van der Waals surface area contributed by atoms with Gasteiger partial charge >= 0.3 is 0 Å². The minimum atomic E-state index is -0.485. The summed E-state index contributed by atoms with van der Waals surface area (Å²) in [6, 6.07) is 15.8. The molecule has 1 saturated heterocycles. The molecule has 0 bridgehead atoms. The summed E-state index contributed by atoms with van der Waals surface area (Å²) in [6.45, 7) is 2.47. The lowest BCUT2D eigenvalue weighted by Gasteiger charge is -2.27. The van der Waals surface area contributed by atoms with Crippen LogP contribution in [0.2, 0.25) is 0 Å². The van der Waals surface area contributed by atoms with Gasteiger partial charge in [0.1, 0.15) is 6.54 Å². The summed E-state index contributed by atoms with van der Waals surface area (Å²) >= 11 is 0. The molecule has 0 saturated carbocycles. The van der Waals surface area contributed by atoms with E-state index < -0.39 is 5.82 Å². The molecule has 9 nitrogen and oxygen atoms in total. The molecule has 3 aromatic heterocycles. The Morgan fingerprint density at radius 3 is 2.63 bits per heavy atom. The zero-order valence-electron chi connectivity index (χ0n) is 18.9. The number of morpholine rings is 1. The first-order valence-electron chi connectivity index (χ1n) is 11.2. The van der Waals surface area contributed by atoms with E-state index in [0.717, 1.165) is 34.4 Å². The molecule has 4 heterocycles. The van der Waals surface area contributed by atoms with Crippen molar-refractivity contribution >= 4 is 23.1 Å². The number of pyridine rings is 2. The van der Waals surface area contributed by atoms with Crippen LogP contribution >= 0.6 is 0 Å². The molecule has 35 heavy (non-hydrogen) atoms. The molecule has 0 spiro atoms. The van der Waals surface area contributed by atoms with E-state index in [9.17, 15) is 4.39 Å². The highest BCUT2D eigenvalue weighted by molar-refractivity contribution is 5.70. The van der Waals surface area contributed by atoms with Gasteiger partial charge in [0.25, 0.3) is 5.95 Å². The fourth-order valence-corrected chi connectivity index (χ4v) is 3.63. The number of halogens is 1. The average molecular weight is 471 g/mol. The van der Waals surface area contributed by atoms with E-state index in [2.05, 4.69) is 41.5 Å². The van der Waals surface area contributed by atoms with Crippen LogP contribution in [0.25, 0.3) is 11.1 Å². The van der Waals surface area contributed by atoms with Gasteiger partial charge in [0.2, 0.25) is 0 Å². The molecule has 1 aromatic carbocycles. The molecular formula is C25H23FN8O. The van der Waals surface area contributed by atoms with Crippen LogP contribution in [-0.2, 0) is 11.3 Å². The van der Waals surface area contributed by atoms with E-state index in [1.165, 1.54) is 0 Å². The number of rotatable bonds is 7. The minimum Gasteiger partial charge on any atom is -0.378 e. The fraction of sp³-hybridized carbons (Fsp3) is 0.200. The van der Waals surface area contributed by atoms with E-state index in [1.54, 1.807) is 12.4 Å². The smallest absolute Gasteiger partial charge is 0.270 e. The Kier molecular flexibility index (Phi) is 6.90. The summed E-state index contributed by atoms with van der Waals surface area (Å²) in [5.74, 6) is -0.153. The first-order chi connectivity index (χ1) is 17.2. The summed E-state index contributed by atoms with van der Waals surface area (Å²) in [7, 11) is 0. The second-order valence-electron chi connectivity index (χ2n) is 7.83. The summed E-state index contributed by atoms with van der Waals surface area (Å²) in [5, 5.41) is 11.5. The second kappa shape index (κ2) is 10.7. The maximum atomic E-state index is 14.1. The fourth-order valence-electron chi connectivity index (χ4n) is 3.63. The van der Waals surface area contributed by atoms with Gasteiger partial charge in [0.15, 0.2) is 11.6 Å². The number of benzene rings is 1. The highest BCUT2D eigenvalue weighted by Crippen LogP contribution is 2.24. The van der Waals surface area contributed by atoms with Gasteiger partial charge in [-0.25, -0.2) is 9.37 Å². The first kappa shape index (κ1) is 22.5. The highest BCUT2D eigenvalue weighted by Gasteiger charge is 2.17. The molecule has 176 valence electrons. The quantitative estimate of drug-likeness (QED) is 0.382. The molecule has 1 aliphatic heterocycles. The SMILES string of the molecule is Fc1cnc(N=NCc2ccc(Nc3cccc(-c4cccnc4)c3)cn2)nc1N1CCOCC1. The number of nitrogens with one attached hydrogen (secondary N) is 1. The Labute approximate surface area is 201 Å². The van der Waals surface area contributed by atoms with Gasteiger partial charge in [0, 0.05) is 36.7 Å². The van der Waals surface area contributed by atoms with Crippen molar-refractivity contribution < 1.29 is 9.13 Å². The van der Waals surface area contributed by atoms with Gasteiger partial charge < -0.3 is 15.0 Å². The number of hydrogen-bond donors (Lipinski definition) is 1. The van der Waals surface area contributed by atoms with E-state index >= 15 is 0 Å². The number of nitrogens with zero attached hydrogens (tertiary/aromatic N) is 7. The molecule has 1 fully saturated rings. The highest BCUT2D eigenvalue weighted by atomic mass is 19.1. The predicted molar refractivity (Wildman–Crippen MR) is 130 cm³/mol. The van der Waals surface area contributed by atoms with E-state index in [0.29, 0.717) is 26.3 Å². The van der Waals surface area contributed by atoms with Gasteiger partial charge in [-0.2, -0.15) is 10.1 Å². The van der Waals surface area contributed by atoms with E-state index in [-0.39, 0.29) is 18.3 Å². The molecule has 0 radical (unpaired) electrons. The zero-order chi connectivity index (χ0) is 23.9. The molecule has 1 N–H and O–H groups in total. The zero-order valence-corrected chi connectivity index (χ0v) is 18.9. The molecule has 0 atom stereocenters. The topological polar surface area (TPSA) is 101 Å². The molecule has 0 aliphatic carbocycles. The number of azo groups is 1.